The highest BCUT2D eigenvalue weighted by Crippen LogP contribution is 2.40. The Bertz CT molecular complexity index is 707. The topological polar surface area (TPSA) is 58.6 Å². The quantitative estimate of drug-likeness (QED) is 0.850. The molecule has 4 nitrogen and oxygen atoms in total. The fourth-order valence-electron chi connectivity index (χ4n) is 3.12. The second-order valence-corrected chi connectivity index (χ2v) is 6.11. The Balaban J connectivity index is 1.80. The van der Waals surface area contributed by atoms with Gasteiger partial charge in [-0.05, 0) is 49.2 Å². The van der Waals surface area contributed by atoms with Gasteiger partial charge in [0.1, 0.15) is 0 Å². The molecule has 0 bridgehead atoms. The normalized spacial score (nSPS) is 22.5. The van der Waals surface area contributed by atoms with Crippen LogP contribution in [0.5, 0.6) is 0 Å². The monoisotopic (exact) mass is 311 g/mol. The average molecular weight is 311 g/mol. The van der Waals surface area contributed by atoms with Gasteiger partial charge in [0.2, 0.25) is 0 Å². The number of carbonyl (C=O) groups excluding carboxylic acids is 1. The van der Waals surface area contributed by atoms with Gasteiger partial charge in [0.25, 0.3) is 0 Å². The van der Waals surface area contributed by atoms with Crippen LogP contribution in [-0.2, 0) is 11.2 Å². The number of anilines is 1. The zero-order valence-corrected chi connectivity index (χ0v) is 13.4. The number of carbonyl (C=O) groups is 1. The fraction of sp³-hybridized carbons (Fsp3) is 0.316. The highest BCUT2D eigenvalue weighted by atomic mass is 16.5. The Labute approximate surface area is 136 Å². The Hall–Kier alpha value is -2.33. The minimum absolute atomic E-state index is 0.174. The van der Waals surface area contributed by atoms with Gasteiger partial charge in [-0.3, -0.25) is 0 Å². The number of esters is 1. The Morgan fingerprint density at radius 3 is 2.65 bits per heavy atom. The third-order valence-corrected chi connectivity index (χ3v) is 4.24. The van der Waals surface area contributed by atoms with E-state index in [0.717, 1.165) is 16.8 Å². The molecular weight excluding hydrogens is 290 g/mol. The number of rotatable bonds is 4. The molecule has 2 aromatic carbocycles. The van der Waals surface area contributed by atoms with Gasteiger partial charge in [-0.2, -0.15) is 0 Å². The van der Waals surface area contributed by atoms with Gasteiger partial charge < -0.3 is 15.2 Å². The molecule has 1 aliphatic carbocycles. The van der Waals surface area contributed by atoms with E-state index in [1.807, 2.05) is 37.3 Å². The SMILES string of the molecule is CCOC(=O)c1ccc(NC2c3ccccc3CC2(C)O)cc1. The van der Waals surface area contributed by atoms with E-state index in [1.165, 1.54) is 0 Å². The number of hydrogen-bond acceptors (Lipinski definition) is 4. The third kappa shape index (κ3) is 3.08. The van der Waals surface area contributed by atoms with Crippen molar-refractivity contribution in [2.45, 2.75) is 31.9 Å². The lowest BCUT2D eigenvalue weighted by atomic mass is 9.97. The zero-order chi connectivity index (χ0) is 16.4. The molecule has 2 aromatic rings. The summed E-state index contributed by atoms with van der Waals surface area (Å²) in [7, 11) is 0. The lowest BCUT2D eigenvalue weighted by Crippen LogP contribution is -2.34. The number of hydrogen-bond donors (Lipinski definition) is 2. The predicted octanol–water partition coefficient (Wildman–Crippen LogP) is 3.32. The standard InChI is InChI=1S/C19H21NO3/c1-3-23-18(21)13-8-10-15(11-9-13)20-17-16-7-5-4-6-14(16)12-19(17,2)22/h4-11,17,20,22H,3,12H2,1-2H3. The van der Waals surface area contributed by atoms with Crippen molar-refractivity contribution in [1.29, 1.82) is 0 Å². The average Bonchev–Trinajstić information content (AvgIpc) is 2.79. The second-order valence-electron chi connectivity index (χ2n) is 6.11. The maximum atomic E-state index is 11.7. The van der Waals surface area contributed by atoms with Crippen molar-refractivity contribution in [3.8, 4) is 0 Å². The van der Waals surface area contributed by atoms with E-state index in [-0.39, 0.29) is 12.0 Å². The summed E-state index contributed by atoms with van der Waals surface area (Å²) in [6.07, 6.45) is 0.627. The van der Waals surface area contributed by atoms with Gasteiger partial charge in [0, 0.05) is 12.1 Å². The highest BCUT2D eigenvalue weighted by molar-refractivity contribution is 5.89. The number of fused-ring (bicyclic) bond motifs is 1. The molecular formula is C19H21NO3. The van der Waals surface area contributed by atoms with Gasteiger partial charge in [0.15, 0.2) is 0 Å². The third-order valence-electron chi connectivity index (χ3n) is 4.24. The smallest absolute Gasteiger partial charge is 0.338 e. The molecule has 0 saturated heterocycles. The first-order valence-electron chi connectivity index (χ1n) is 7.85. The van der Waals surface area contributed by atoms with Crippen molar-refractivity contribution in [3.05, 3.63) is 65.2 Å². The number of aliphatic hydroxyl groups is 1. The van der Waals surface area contributed by atoms with Crippen molar-refractivity contribution in [2.24, 2.45) is 0 Å². The summed E-state index contributed by atoms with van der Waals surface area (Å²) < 4.78 is 4.98. The van der Waals surface area contributed by atoms with Gasteiger partial charge >= 0.3 is 5.97 Å². The maximum Gasteiger partial charge on any atom is 0.338 e. The molecule has 23 heavy (non-hydrogen) atoms. The lowest BCUT2D eigenvalue weighted by molar-refractivity contribution is 0.0510. The molecule has 0 amide bonds. The molecule has 0 aromatic heterocycles. The van der Waals surface area contributed by atoms with E-state index in [0.29, 0.717) is 18.6 Å². The molecule has 0 aliphatic heterocycles. The van der Waals surface area contributed by atoms with E-state index in [2.05, 4.69) is 11.4 Å². The molecule has 3 rings (SSSR count). The number of ether oxygens (including phenoxy) is 1. The largest absolute Gasteiger partial charge is 0.462 e. The molecule has 0 saturated carbocycles. The fourth-order valence-corrected chi connectivity index (χ4v) is 3.12. The first-order chi connectivity index (χ1) is 11.0. The van der Waals surface area contributed by atoms with Crippen molar-refractivity contribution in [3.63, 3.8) is 0 Å². The van der Waals surface area contributed by atoms with Crippen LogP contribution in [0.25, 0.3) is 0 Å². The molecule has 0 heterocycles. The number of benzene rings is 2. The highest BCUT2D eigenvalue weighted by Gasteiger charge is 2.40. The predicted molar refractivity (Wildman–Crippen MR) is 89.5 cm³/mol. The minimum Gasteiger partial charge on any atom is -0.462 e. The summed E-state index contributed by atoms with van der Waals surface area (Å²) in [5, 5.41) is 14.1. The van der Waals surface area contributed by atoms with Gasteiger partial charge in [-0.1, -0.05) is 24.3 Å². The van der Waals surface area contributed by atoms with Crippen LogP contribution < -0.4 is 5.32 Å². The first-order valence-corrected chi connectivity index (χ1v) is 7.85. The first kappa shape index (κ1) is 15.6. The van der Waals surface area contributed by atoms with Crippen LogP contribution in [0.3, 0.4) is 0 Å². The van der Waals surface area contributed by atoms with Crippen LogP contribution in [0.4, 0.5) is 5.69 Å². The van der Waals surface area contributed by atoms with Gasteiger partial charge in [-0.15, -0.1) is 0 Å². The summed E-state index contributed by atoms with van der Waals surface area (Å²) in [5.74, 6) is -0.322. The molecule has 0 fully saturated rings. The molecule has 2 N–H and O–H groups in total. The van der Waals surface area contributed by atoms with Crippen molar-refractivity contribution < 1.29 is 14.6 Å². The molecule has 2 atom stereocenters. The lowest BCUT2D eigenvalue weighted by Gasteiger charge is -2.28. The molecule has 120 valence electrons. The van der Waals surface area contributed by atoms with E-state index >= 15 is 0 Å². The van der Waals surface area contributed by atoms with Crippen LogP contribution in [0.15, 0.2) is 48.5 Å². The number of nitrogens with one attached hydrogen (secondary N) is 1. The summed E-state index contributed by atoms with van der Waals surface area (Å²) in [6.45, 7) is 3.99. The van der Waals surface area contributed by atoms with Crippen molar-refractivity contribution in [1.82, 2.24) is 0 Å². The summed E-state index contributed by atoms with van der Waals surface area (Å²) in [5.41, 5.74) is 2.82. The zero-order valence-electron chi connectivity index (χ0n) is 13.4. The Kier molecular flexibility index (Phi) is 4.09. The molecule has 0 spiro atoms. The van der Waals surface area contributed by atoms with E-state index in [4.69, 9.17) is 4.74 Å². The van der Waals surface area contributed by atoms with Crippen LogP contribution in [-0.4, -0.2) is 23.3 Å². The van der Waals surface area contributed by atoms with E-state index < -0.39 is 5.60 Å². The van der Waals surface area contributed by atoms with Crippen LogP contribution >= 0.6 is 0 Å². The minimum atomic E-state index is -0.844. The van der Waals surface area contributed by atoms with Crippen molar-refractivity contribution >= 4 is 11.7 Å². The summed E-state index contributed by atoms with van der Waals surface area (Å²) >= 11 is 0. The molecule has 4 heteroatoms. The van der Waals surface area contributed by atoms with Gasteiger partial charge in [0.05, 0.1) is 23.8 Å². The second kappa shape index (κ2) is 6.05. The van der Waals surface area contributed by atoms with Crippen LogP contribution in [0, 0.1) is 0 Å². The van der Waals surface area contributed by atoms with Crippen molar-refractivity contribution in [2.75, 3.05) is 11.9 Å². The van der Waals surface area contributed by atoms with Gasteiger partial charge in [-0.25, -0.2) is 4.79 Å². The van der Waals surface area contributed by atoms with Crippen LogP contribution in [0.2, 0.25) is 0 Å². The Morgan fingerprint density at radius 2 is 1.96 bits per heavy atom. The molecule has 2 unspecified atom stereocenters. The molecule has 1 aliphatic rings. The van der Waals surface area contributed by atoms with E-state index in [9.17, 15) is 9.90 Å². The summed E-state index contributed by atoms with van der Waals surface area (Å²) in [4.78, 5) is 11.7. The molecule has 0 radical (unpaired) electrons. The summed E-state index contributed by atoms with van der Waals surface area (Å²) in [6, 6.07) is 15.0. The van der Waals surface area contributed by atoms with E-state index in [1.54, 1.807) is 19.1 Å². The Morgan fingerprint density at radius 1 is 1.26 bits per heavy atom. The van der Waals surface area contributed by atoms with Crippen LogP contribution in [0.1, 0.15) is 41.4 Å². The maximum absolute atomic E-state index is 11.7.